The van der Waals surface area contributed by atoms with Crippen LogP contribution in [0.5, 0.6) is 11.5 Å². The molecule has 0 atom stereocenters. The van der Waals surface area contributed by atoms with Crippen LogP contribution >= 0.6 is 0 Å². The number of alkyl halides is 3. The molecule has 0 radical (unpaired) electrons. The summed E-state index contributed by atoms with van der Waals surface area (Å²) in [6.45, 7) is 0.239. The number of carbonyl (C=O) groups is 1. The molecule has 0 unspecified atom stereocenters. The molecule has 0 saturated carbocycles. The number of hydrogen-bond acceptors (Lipinski definition) is 3. The number of rotatable bonds is 1. The summed E-state index contributed by atoms with van der Waals surface area (Å²) in [6, 6.07) is 1.98. The molecular weight excluding hydrogens is 225 g/mol. The van der Waals surface area contributed by atoms with E-state index in [1.165, 1.54) is 6.07 Å². The van der Waals surface area contributed by atoms with Crippen LogP contribution in [0.1, 0.15) is 15.9 Å². The molecule has 0 aliphatic carbocycles. The van der Waals surface area contributed by atoms with E-state index in [0.29, 0.717) is 6.29 Å². The van der Waals surface area contributed by atoms with Crippen LogP contribution in [-0.4, -0.2) is 19.5 Å². The molecule has 0 spiro atoms. The van der Waals surface area contributed by atoms with Crippen LogP contribution in [0.2, 0.25) is 0 Å². The Morgan fingerprint density at radius 3 is 2.50 bits per heavy atom. The second kappa shape index (κ2) is 3.70. The van der Waals surface area contributed by atoms with Gasteiger partial charge in [0.05, 0.1) is 0 Å². The van der Waals surface area contributed by atoms with Crippen LogP contribution in [0.25, 0.3) is 0 Å². The van der Waals surface area contributed by atoms with Crippen molar-refractivity contribution >= 4 is 6.29 Å². The van der Waals surface area contributed by atoms with Gasteiger partial charge >= 0.3 is 6.18 Å². The summed E-state index contributed by atoms with van der Waals surface area (Å²) in [5.74, 6) is -0.382. The number of aldehydes is 1. The zero-order valence-electron chi connectivity index (χ0n) is 8.00. The van der Waals surface area contributed by atoms with E-state index in [2.05, 4.69) is 0 Å². The number of hydrogen-bond donors (Lipinski definition) is 0. The van der Waals surface area contributed by atoms with Crippen molar-refractivity contribution in [1.82, 2.24) is 0 Å². The maximum absolute atomic E-state index is 12.6. The number of carbonyl (C=O) groups excluding carboxylic acids is 1. The van der Waals surface area contributed by atoms with Crippen LogP contribution in [0.15, 0.2) is 12.1 Å². The molecule has 0 saturated heterocycles. The van der Waals surface area contributed by atoms with E-state index in [9.17, 15) is 18.0 Å². The van der Waals surface area contributed by atoms with E-state index < -0.39 is 11.7 Å². The summed E-state index contributed by atoms with van der Waals surface area (Å²) in [4.78, 5) is 10.5. The highest BCUT2D eigenvalue weighted by molar-refractivity contribution is 5.77. The number of benzene rings is 1. The molecule has 2 rings (SSSR count). The molecule has 6 heteroatoms. The van der Waals surface area contributed by atoms with Crippen molar-refractivity contribution in [2.45, 2.75) is 6.18 Å². The van der Waals surface area contributed by atoms with Crippen LogP contribution < -0.4 is 9.47 Å². The second-order valence-electron chi connectivity index (χ2n) is 3.21. The van der Waals surface area contributed by atoms with Gasteiger partial charge in [-0.25, -0.2) is 0 Å². The average Bonchev–Trinajstić information content (AvgIpc) is 2.26. The highest BCUT2D eigenvalue weighted by Gasteiger charge is 2.37. The Bertz CT molecular complexity index is 426. The van der Waals surface area contributed by atoms with E-state index >= 15 is 0 Å². The van der Waals surface area contributed by atoms with Crippen molar-refractivity contribution in [1.29, 1.82) is 0 Å². The van der Waals surface area contributed by atoms with Crippen LogP contribution in [0.4, 0.5) is 13.2 Å². The third-order valence-corrected chi connectivity index (χ3v) is 2.11. The lowest BCUT2D eigenvalue weighted by Gasteiger charge is -2.22. The van der Waals surface area contributed by atoms with Gasteiger partial charge in [-0.3, -0.25) is 4.79 Å². The Morgan fingerprint density at radius 1 is 1.19 bits per heavy atom. The van der Waals surface area contributed by atoms with E-state index in [0.717, 1.165) is 6.07 Å². The molecule has 0 bridgehead atoms. The molecule has 0 amide bonds. The Kier molecular flexibility index (Phi) is 2.49. The zero-order chi connectivity index (χ0) is 11.8. The molecule has 0 N–H and O–H groups in total. The van der Waals surface area contributed by atoms with Gasteiger partial charge in [0.15, 0.2) is 11.5 Å². The van der Waals surface area contributed by atoms with Gasteiger partial charge in [0.25, 0.3) is 0 Å². The molecule has 16 heavy (non-hydrogen) atoms. The van der Waals surface area contributed by atoms with Crippen molar-refractivity contribution < 1.29 is 27.4 Å². The molecule has 1 heterocycles. The first-order chi connectivity index (χ1) is 7.52. The van der Waals surface area contributed by atoms with Gasteiger partial charge in [-0.05, 0) is 12.1 Å². The van der Waals surface area contributed by atoms with Gasteiger partial charge in [-0.15, -0.1) is 0 Å². The molecule has 1 aromatic carbocycles. The lowest BCUT2D eigenvalue weighted by atomic mass is 10.1. The molecule has 0 fully saturated rings. The predicted octanol–water partition coefficient (Wildman–Crippen LogP) is 2.29. The summed E-state index contributed by atoms with van der Waals surface area (Å²) in [5, 5.41) is 0. The molecule has 1 aliphatic heterocycles. The maximum atomic E-state index is 12.6. The van der Waals surface area contributed by atoms with Crippen LogP contribution in [-0.2, 0) is 6.18 Å². The largest absolute Gasteiger partial charge is 0.486 e. The fourth-order valence-electron chi connectivity index (χ4n) is 1.45. The van der Waals surface area contributed by atoms with E-state index in [-0.39, 0.29) is 30.3 Å². The Balaban J connectivity index is 2.61. The molecule has 3 nitrogen and oxygen atoms in total. The molecule has 0 aromatic heterocycles. The first-order valence-corrected chi connectivity index (χ1v) is 4.48. The minimum Gasteiger partial charge on any atom is -0.486 e. The first kappa shape index (κ1) is 10.8. The van der Waals surface area contributed by atoms with Gasteiger partial charge in [-0.1, -0.05) is 0 Å². The van der Waals surface area contributed by atoms with E-state index in [1.807, 2.05) is 0 Å². The quantitative estimate of drug-likeness (QED) is 0.697. The van der Waals surface area contributed by atoms with Gasteiger partial charge in [0, 0.05) is 5.56 Å². The first-order valence-electron chi connectivity index (χ1n) is 4.48. The molecular formula is C10H7F3O3. The van der Waals surface area contributed by atoms with Crippen LogP contribution in [0, 0.1) is 0 Å². The lowest BCUT2D eigenvalue weighted by molar-refractivity contribution is -0.139. The normalized spacial score (nSPS) is 14.7. The lowest BCUT2D eigenvalue weighted by Crippen LogP contribution is -2.19. The summed E-state index contributed by atoms with van der Waals surface area (Å²) in [7, 11) is 0. The fraction of sp³-hybridized carbons (Fsp3) is 0.300. The second-order valence-corrected chi connectivity index (χ2v) is 3.21. The molecule has 1 aromatic rings. The smallest absolute Gasteiger partial charge is 0.420 e. The van der Waals surface area contributed by atoms with Crippen molar-refractivity contribution in [2.24, 2.45) is 0 Å². The Morgan fingerprint density at radius 2 is 1.88 bits per heavy atom. The predicted molar refractivity (Wildman–Crippen MR) is 47.8 cm³/mol. The summed E-state index contributed by atoms with van der Waals surface area (Å²) in [5.41, 5.74) is -1.07. The monoisotopic (exact) mass is 232 g/mol. The van der Waals surface area contributed by atoms with Crippen molar-refractivity contribution in [3.63, 3.8) is 0 Å². The SMILES string of the molecule is O=Cc1cc2c(c(C(F)(F)F)c1)OCCO2. The van der Waals surface area contributed by atoms with Crippen molar-refractivity contribution in [3.8, 4) is 11.5 Å². The number of halogens is 3. The number of ether oxygens (including phenoxy) is 2. The standard InChI is InChI=1S/C10H7F3O3/c11-10(12,13)7-3-6(5-14)4-8-9(7)16-2-1-15-8/h3-5H,1-2H2. The van der Waals surface area contributed by atoms with E-state index in [4.69, 9.17) is 9.47 Å². The average molecular weight is 232 g/mol. The Labute approximate surface area is 88.8 Å². The van der Waals surface area contributed by atoms with E-state index in [1.54, 1.807) is 0 Å². The van der Waals surface area contributed by atoms with Crippen molar-refractivity contribution in [3.05, 3.63) is 23.3 Å². The van der Waals surface area contributed by atoms with Crippen LogP contribution in [0.3, 0.4) is 0 Å². The zero-order valence-corrected chi connectivity index (χ0v) is 8.00. The summed E-state index contributed by atoms with van der Waals surface area (Å²) >= 11 is 0. The molecule has 86 valence electrons. The van der Waals surface area contributed by atoms with Crippen molar-refractivity contribution in [2.75, 3.05) is 13.2 Å². The van der Waals surface area contributed by atoms with Gasteiger partial charge < -0.3 is 9.47 Å². The topological polar surface area (TPSA) is 35.5 Å². The fourth-order valence-corrected chi connectivity index (χ4v) is 1.45. The maximum Gasteiger partial charge on any atom is 0.420 e. The highest BCUT2D eigenvalue weighted by atomic mass is 19.4. The number of fused-ring (bicyclic) bond motifs is 1. The minimum atomic E-state index is -4.57. The molecule has 1 aliphatic rings. The summed E-state index contributed by atoms with van der Waals surface area (Å²) < 4.78 is 47.9. The van der Waals surface area contributed by atoms with Gasteiger partial charge in [0.1, 0.15) is 25.1 Å². The minimum absolute atomic E-state index is 0.0387. The summed E-state index contributed by atoms with van der Waals surface area (Å²) in [6.07, 6.45) is -4.22. The Hall–Kier alpha value is -1.72. The van der Waals surface area contributed by atoms with Gasteiger partial charge in [0.2, 0.25) is 0 Å². The highest BCUT2D eigenvalue weighted by Crippen LogP contribution is 2.43. The van der Waals surface area contributed by atoms with Gasteiger partial charge in [-0.2, -0.15) is 13.2 Å². The third-order valence-electron chi connectivity index (χ3n) is 2.11. The third kappa shape index (κ3) is 1.82.